The number of aliphatic carboxylic acids is 1. The number of hydrogen-bond acceptors (Lipinski definition) is 6. The molecule has 2 aliphatic rings. The smallest absolute Gasteiger partial charge is 0.550 e. The van der Waals surface area contributed by atoms with Crippen LogP contribution in [-0.4, -0.2) is 53.5 Å². The van der Waals surface area contributed by atoms with Gasteiger partial charge in [-0.15, -0.1) is 13.2 Å². The van der Waals surface area contributed by atoms with E-state index in [1.165, 1.54) is 29.8 Å². The number of hydrogen-bond donors (Lipinski definition) is 1. The van der Waals surface area contributed by atoms with Crippen molar-refractivity contribution in [1.82, 2.24) is 10.2 Å². The van der Waals surface area contributed by atoms with Crippen molar-refractivity contribution in [2.24, 2.45) is 4.99 Å². The third-order valence-corrected chi connectivity index (χ3v) is 8.14. The number of nitrogens with zero attached hydrogens (tertiary/aromatic N) is 2. The summed E-state index contributed by atoms with van der Waals surface area (Å²) < 4.78 is 42.0. The van der Waals surface area contributed by atoms with E-state index >= 15 is 0 Å². The molecule has 1 aliphatic carbocycles. The van der Waals surface area contributed by atoms with E-state index in [-0.39, 0.29) is 59.9 Å². The zero-order chi connectivity index (χ0) is 31.3. The molecule has 2 amide bonds. The van der Waals surface area contributed by atoms with Crippen LogP contribution in [0.25, 0.3) is 0 Å². The molecule has 0 saturated heterocycles. The van der Waals surface area contributed by atoms with Gasteiger partial charge in [-0.3, -0.25) is 14.6 Å². The number of carbonyl (C=O) groups is 3. The Morgan fingerprint density at radius 2 is 1.62 bits per heavy atom. The predicted molar refractivity (Wildman–Crippen MR) is 154 cm³/mol. The molecule has 3 aromatic carbocycles. The van der Waals surface area contributed by atoms with E-state index in [0.717, 1.165) is 18.4 Å². The molecule has 1 aliphatic heterocycles. The van der Waals surface area contributed by atoms with Crippen molar-refractivity contribution in [3.05, 3.63) is 101 Å². The molecule has 3 aromatic rings. The predicted octanol–water partition coefficient (Wildman–Crippen LogP) is 1.39. The van der Waals surface area contributed by atoms with Crippen LogP contribution in [0.1, 0.15) is 65.1 Å². The number of halogens is 3. The zero-order valence-corrected chi connectivity index (χ0v) is 26.8. The summed E-state index contributed by atoms with van der Waals surface area (Å²) >= 11 is 0. The number of nitrogens with one attached hydrogen (secondary N) is 1. The van der Waals surface area contributed by atoms with Crippen molar-refractivity contribution >= 4 is 23.5 Å². The van der Waals surface area contributed by atoms with Gasteiger partial charge in [0.2, 0.25) is 0 Å². The summed E-state index contributed by atoms with van der Waals surface area (Å²) in [5.74, 6) is -1.97. The van der Waals surface area contributed by atoms with Gasteiger partial charge in [-0.2, -0.15) is 0 Å². The van der Waals surface area contributed by atoms with Gasteiger partial charge in [-0.25, -0.2) is 0 Å². The van der Waals surface area contributed by atoms with Gasteiger partial charge in [0, 0.05) is 36.6 Å². The van der Waals surface area contributed by atoms with E-state index in [1.807, 2.05) is 18.2 Å². The second kappa shape index (κ2) is 14.6. The Labute approximate surface area is 281 Å². The first-order valence-corrected chi connectivity index (χ1v) is 14.4. The summed E-state index contributed by atoms with van der Waals surface area (Å²) in [6, 6.07) is 22.2. The molecule has 0 radical (unpaired) electrons. The maximum Gasteiger partial charge on any atom is 1.00 e. The number of alkyl halides is 3. The quantitative estimate of drug-likeness (QED) is 0.341. The van der Waals surface area contributed by atoms with Gasteiger partial charge in [0.1, 0.15) is 17.1 Å². The maximum absolute atomic E-state index is 13.8. The Balaban J connectivity index is 0.00000461. The molecule has 1 saturated carbocycles. The third kappa shape index (κ3) is 8.53. The van der Waals surface area contributed by atoms with Crippen molar-refractivity contribution < 1.29 is 67.0 Å². The molecule has 1 spiro atoms. The maximum atomic E-state index is 13.8. The molecule has 0 unspecified atom stereocenters. The van der Waals surface area contributed by atoms with Gasteiger partial charge in [-0.1, -0.05) is 42.5 Å². The van der Waals surface area contributed by atoms with Gasteiger partial charge < -0.3 is 24.9 Å². The molecule has 1 N–H and O–H groups in total. The van der Waals surface area contributed by atoms with E-state index in [0.29, 0.717) is 42.9 Å². The van der Waals surface area contributed by atoms with Crippen LogP contribution in [0.15, 0.2) is 83.9 Å². The zero-order valence-electron chi connectivity index (χ0n) is 24.8. The average Bonchev–Trinajstić information content (AvgIpc) is 3.26. The number of carbonyl (C=O) groups excluding carboxylic acids is 3. The molecule has 230 valence electrons. The minimum absolute atomic E-state index is 0. The van der Waals surface area contributed by atoms with Crippen LogP contribution in [0.2, 0.25) is 0 Å². The number of aliphatic imine (C=N–C) groups is 1. The molecule has 1 heterocycles. The minimum atomic E-state index is -4.82. The molecule has 0 atom stereocenters. The Morgan fingerprint density at radius 3 is 2.22 bits per heavy atom. The topological polar surface area (TPSA) is 111 Å². The standard InChI is InChI=1S/C33H32F3N3O5.Na/c34-33(35,36)44-27-12-10-25(11-13-27)29-31(43)39(32(38-29)18-14-24(15-19-32)23-4-2-1-3-5-23)21-17-22-6-8-26(9-7-22)30(42)37-20-16-28(40)41;/h1-13,24H,14-21H2,(H,37,42)(H,40,41);/q;+1/p-1. The summed E-state index contributed by atoms with van der Waals surface area (Å²) in [6.45, 7) is 0.321. The summed E-state index contributed by atoms with van der Waals surface area (Å²) in [7, 11) is 0. The third-order valence-electron chi connectivity index (χ3n) is 8.14. The average molecular weight is 630 g/mol. The summed E-state index contributed by atoms with van der Waals surface area (Å²) in [4.78, 5) is 43.5. The van der Waals surface area contributed by atoms with Crippen molar-refractivity contribution in [1.29, 1.82) is 0 Å². The molecule has 5 rings (SSSR count). The Kier molecular flexibility index (Phi) is 11.1. The van der Waals surface area contributed by atoms with Crippen LogP contribution in [0.5, 0.6) is 5.75 Å². The number of benzene rings is 3. The van der Waals surface area contributed by atoms with E-state index in [9.17, 15) is 32.7 Å². The first-order valence-electron chi connectivity index (χ1n) is 14.4. The Bertz CT molecular complexity index is 1520. The van der Waals surface area contributed by atoms with Crippen LogP contribution in [0.4, 0.5) is 13.2 Å². The number of rotatable bonds is 10. The van der Waals surface area contributed by atoms with Crippen LogP contribution in [0, 0.1) is 0 Å². The number of carboxylic acids is 1. The first-order chi connectivity index (χ1) is 21.0. The SMILES string of the molecule is O=C([O-])CCNC(=O)c1ccc(CCN2C(=O)C(c3ccc(OC(F)(F)F)cc3)=NC23CCC(c2ccccc2)CC3)cc1.[Na+]. The van der Waals surface area contributed by atoms with Crippen LogP contribution in [-0.2, 0) is 16.0 Å². The molecule has 45 heavy (non-hydrogen) atoms. The Morgan fingerprint density at radius 1 is 0.978 bits per heavy atom. The van der Waals surface area contributed by atoms with Gasteiger partial charge >= 0.3 is 35.9 Å². The monoisotopic (exact) mass is 629 g/mol. The first kappa shape index (κ1) is 34.2. The molecular weight excluding hydrogens is 598 g/mol. The van der Waals surface area contributed by atoms with Crippen molar-refractivity contribution in [3.63, 3.8) is 0 Å². The molecule has 0 bridgehead atoms. The van der Waals surface area contributed by atoms with Gasteiger partial charge in [0.25, 0.3) is 11.8 Å². The fourth-order valence-corrected chi connectivity index (χ4v) is 5.91. The van der Waals surface area contributed by atoms with E-state index in [1.54, 1.807) is 29.2 Å². The van der Waals surface area contributed by atoms with Crippen LogP contribution < -0.4 is 44.7 Å². The molecule has 0 aromatic heterocycles. The molecule has 12 heteroatoms. The minimum Gasteiger partial charge on any atom is -0.550 e. The van der Waals surface area contributed by atoms with Gasteiger partial charge in [-0.05, 0) is 85.5 Å². The van der Waals surface area contributed by atoms with Crippen molar-refractivity contribution in [2.45, 2.75) is 56.5 Å². The Hall–Kier alpha value is -3.67. The second-order valence-electron chi connectivity index (χ2n) is 11.0. The fraction of sp³-hybridized carbons (Fsp3) is 0.333. The van der Waals surface area contributed by atoms with E-state index < -0.39 is 23.9 Å². The molecule has 1 fully saturated rings. The second-order valence-corrected chi connectivity index (χ2v) is 11.0. The van der Waals surface area contributed by atoms with Crippen LogP contribution in [0.3, 0.4) is 0 Å². The van der Waals surface area contributed by atoms with E-state index in [2.05, 4.69) is 22.2 Å². The molecule has 8 nitrogen and oxygen atoms in total. The van der Waals surface area contributed by atoms with Crippen LogP contribution >= 0.6 is 0 Å². The molecular formula is C33H31F3N3NaO5. The van der Waals surface area contributed by atoms with Gasteiger partial charge in [0.15, 0.2) is 0 Å². The normalized spacial score (nSPS) is 19.5. The van der Waals surface area contributed by atoms with E-state index in [4.69, 9.17) is 4.99 Å². The number of ether oxygens (including phenoxy) is 1. The van der Waals surface area contributed by atoms with Crippen molar-refractivity contribution in [2.75, 3.05) is 13.1 Å². The van der Waals surface area contributed by atoms with Crippen molar-refractivity contribution in [3.8, 4) is 5.75 Å². The summed E-state index contributed by atoms with van der Waals surface area (Å²) in [6.07, 6.45) is -1.68. The van der Waals surface area contributed by atoms with Gasteiger partial charge in [0.05, 0.1) is 0 Å². The number of amides is 2. The summed E-state index contributed by atoms with van der Waals surface area (Å²) in [5.41, 5.74) is 2.38. The summed E-state index contributed by atoms with van der Waals surface area (Å²) in [5, 5.41) is 13.1. The largest absolute Gasteiger partial charge is 1.00 e. The fourth-order valence-electron chi connectivity index (χ4n) is 5.91. The number of carboxylic acid groups (broad SMARTS) is 1.